The Morgan fingerprint density at radius 2 is 1.80 bits per heavy atom. The quantitative estimate of drug-likeness (QED) is 0.277. The Morgan fingerprint density at radius 1 is 1.00 bits per heavy atom. The maximum Gasteiger partial charge on any atom is 0.244 e. The second-order valence-corrected chi connectivity index (χ2v) is 8.68. The summed E-state index contributed by atoms with van der Waals surface area (Å²) in [4.78, 5) is 20.7. The molecule has 0 radical (unpaired) electrons. The number of hydrogen-bond donors (Lipinski definition) is 2. The Hall–Kier alpha value is -4.49. The molecule has 5 aromatic rings. The van der Waals surface area contributed by atoms with Crippen molar-refractivity contribution in [2.24, 2.45) is 0 Å². The molecule has 0 aliphatic rings. The number of ether oxygens (including phenoxy) is 1. The molecular weight excluding hydrogens is 456 g/mol. The fraction of sp³-hybridized carbons (Fsp3) is 0.0357. The summed E-state index contributed by atoms with van der Waals surface area (Å²) >= 11 is 1.58. The van der Waals surface area contributed by atoms with Gasteiger partial charge in [-0.2, -0.15) is 0 Å². The van der Waals surface area contributed by atoms with E-state index in [1.807, 2.05) is 66.7 Å². The van der Waals surface area contributed by atoms with Gasteiger partial charge in [0.05, 0.1) is 0 Å². The first kappa shape index (κ1) is 22.3. The average molecular weight is 479 g/mol. The van der Waals surface area contributed by atoms with E-state index in [4.69, 9.17) is 10.5 Å². The first-order chi connectivity index (χ1) is 17.2. The van der Waals surface area contributed by atoms with Crippen LogP contribution in [0.15, 0.2) is 96.8 Å². The number of carbonyl (C=O) groups is 1. The fourth-order valence-corrected chi connectivity index (χ4v) is 4.74. The molecule has 0 saturated heterocycles. The van der Waals surface area contributed by atoms with Gasteiger partial charge in [0.15, 0.2) is 0 Å². The average Bonchev–Trinajstić information content (AvgIpc) is 3.35. The Balaban J connectivity index is 1.35. The third kappa shape index (κ3) is 5.20. The Morgan fingerprint density at radius 3 is 2.57 bits per heavy atom. The number of amides is 1. The maximum absolute atomic E-state index is 12.3. The third-order valence-electron chi connectivity index (χ3n) is 5.40. The van der Waals surface area contributed by atoms with Crippen LogP contribution in [0.25, 0.3) is 27.3 Å². The van der Waals surface area contributed by atoms with E-state index < -0.39 is 0 Å². The molecule has 6 nitrogen and oxygen atoms in total. The predicted octanol–water partition coefficient (Wildman–Crippen LogP) is 6.06. The number of para-hydroxylation sites is 1. The predicted molar refractivity (Wildman–Crippen MR) is 141 cm³/mol. The molecule has 0 saturated carbocycles. The van der Waals surface area contributed by atoms with E-state index >= 15 is 0 Å². The van der Waals surface area contributed by atoms with Crippen LogP contribution >= 0.6 is 11.3 Å². The molecule has 3 N–H and O–H groups in total. The molecular formula is C28H22N4O2S. The third-order valence-corrected chi connectivity index (χ3v) is 6.43. The Bertz CT molecular complexity index is 1480. The van der Waals surface area contributed by atoms with Crippen molar-refractivity contribution in [2.75, 3.05) is 5.73 Å². The lowest BCUT2D eigenvalue weighted by molar-refractivity contribution is -0.116. The van der Waals surface area contributed by atoms with Gasteiger partial charge in [0.2, 0.25) is 5.91 Å². The van der Waals surface area contributed by atoms with Gasteiger partial charge in [-0.25, -0.2) is 4.98 Å². The van der Waals surface area contributed by atoms with Crippen LogP contribution in [0, 0.1) is 0 Å². The van der Waals surface area contributed by atoms with Crippen LogP contribution in [0.2, 0.25) is 0 Å². The largest absolute Gasteiger partial charge is 0.457 e. The summed E-state index contributed by atoms with van der Waals surface area (Å²) in [5, 5.41) is 5.81. The molecule has 3 aromatic heterocycles. The SMILES string of the molecule is Nc1ncc(C=CC(=O)NCc2cccnc2)c2scc(-c3ccc(Oc4ccccc4)cc3)c12. The molecule has 35 heavy (non-hydrogen) atoms. The lowest BCUT2D eigenvalue weighted by Gasteiger charge is -2.07. The fourth-order valence-electron chi connectivity index (χ4n) is 3.66. The second-order valence-electron chi connectivity index (χ2n) is 7.80. The molecule has 0 spiro atoms. The number of nitrogens with two attached hydrogens (primary N) is 1. The Kier molecular flexibility index (Phi) is 6.50. The van der Waals surface area contributed by atoms with E-state index in [9.17, 15) is 4.79 Å². The number of hydrogen-bond acceptors (Lipinski definition) is 6. The highest BCUT2D eigenvalue weighted by atomic mass is 32.1. The van der Waals surface area contributed by atoms with Gasteiger partial charge in [0.1, 0.15) is 17.3 Å². The van der Waals surface area contributed by atoms with Crippen molar-refractivity contribution in [3.63, 3.8) is 0 Å². The highest BCUT2D eigenvalue weighted by molar-refractivity contribution is 7.18. The van der Waals surface area contributed by atoms with Gasteiger partial charge in [-0.1, -0.05) is 36.4 Å². The number of nitrogen functional groups attached to an aromatic ring is 1. The monoisotopic (exact) mass is 478 g/mol. The normalized spacial score (nSPS) is 11.1. The zero-order valence-electron chi connectivity index (χ0n) is 18.7. The molecule has 0 unspecified atom stereocenters. The zero-order chi connectivity index (χ0) is 24.0. The van der Waals surface area contributed by atoms with Gasteiger partial charge in [-0.3, -0.25) is 9.78 Å². The van der Waals surface area contributed by atoms with Crippen molar-refractivity contribution in [1.29, 1.82) is 0 Å². The molecule has 3 heterocycles. The summed E-state index contributed by atoms with van der Waals surface area (Å²) in [6.45, 7) is 0.416. The highest BCUT2D eigenvalue weighted by Gasteiger charge is 2.13. The van der Waals surface area contributed by atoms with E-state index in [0.717, 1.165) is 43.8 Å². The van der Waals surface area contributed by atoms with Crippen LogP contribution in [0.5, 0.6) is 11.5 Å². The minimum absolute atomic E-state index is 0.190. The van der Waals surface area contributed by atoms with Crippen LogP contribution in [-0.4, -0.2) is 15.9 Å². The van der Waals surface area contributed by atoms with Crippen molar-refractivity contribution in [3.8, 4) is 22.6 Å². The van der Waals surface area contributed by atoms with Crippen LogP contribution in [-0.2, 0) is 11.3 Å². The van der Waals surface area contributed by atoms with E-state index in [2.05, 4.69) is 20.7 Å². The van der Waals surface area contributed by atoms with Crippen LogP contribution in [0.3, 0.4) is 0 Å². The number of benzene rings is 2. The number of thiophene rings is 1. The molecule has 5 rings (SSSR count). The van der Waals surface area contributed by atoms with Gasteiger partial charge >= 0.3 is 0 Å². The number of aromatic nitrogens is 2. The van der Waals surface area contributed by atoms with Gasteiger partial charge in [0, 0.05) is 52.4 Å². The van der Waals surface area contributed by atoms with Gasteiger partial charge in [-0.05, 0) is 52.9 Å². The van der Waals surface area contributed by atoms with Crippen molar-refractivity contribution < 1.29 is 9.53 Å². The molecule has 0 atom stereocenters. The maximum atomic E-state index is 12.3. The summed E-state index contributed by atoms with van der Waals surface area (Å²) < 4.78 is 6.88. The number of nitrogens with zero attached hydrogens (tertiary/aromatic N) is 2. The number of nitrogens with one attached hydrogen (secondary N) is 1. The van der Waals surface area contributed by atoms with Gasteiger partial charge in [-0.15, -0.1) is 11.3 Å². The summed E-state index contributed by atoms with van der Waals surface area (Å²) in [6, 6.07) is 21.3. The molecule has 1 amide bonds. The summed E-state index contributed by atoms with van der Waals surface area (Å²) in [6.07, 6.45) is 8.40. The van der Waals surface area contributed by atoms with Crippen molar-refractivity contribution in [2.45, 2.75) is 6.54 Å². The van der Waals surface area contributed by atoms with E-state index in [1.165, 1.54) is 6.08 Å². The summed E-state index contributed by atoms with van der Waals surface area (Å²) in [5.74, 6) is 1.81. The lowest BCUT2D eigenvalue weighted by Crippen LogP contribution is -2.20. The highest BCUT2D eigenvalue weighted by Crippen LogP contribution is 2.39. The minimum atomic E-state index is -0.190. The molecule has 172 valence electrons. The Labute approximate surface area is 206 Å². The molecule has 0 bridgehead atoms. The summed E-state index contributed by atoms with van der Waals surface area (Å²) in [7, 11) is 0. The number of fused-ring (bicyclic) bond motifs is 1. The van der Waals surface area contributed by atoms with Gasteiger partial charge in [0.25, 0.3) is 0 Å². The standard InChI is InChI=1S/C28H22N4O2S/c29-28-26-24(20-8-11-23(12-9-20)34-22-6-2-1-3-7-22)18-35-27(26)21(17-32-28)10-13-25(33)31-16-19-5-4-14-30-15-19/h1-15,17-18H,16H2,(H2,29,32)(H,31,33). The van der Waals surface area contributed by atoms with Crippen molar-refractivity contribution in [1.82, 2.24) is 15.3 Å². The van der Waals surface area contributed by atoms with Crippen LogP contribution in [0.1, 0.15) is 11.1 Å². The van der Waals surface area contributed by atoms with E-state index in [0.29, 0.717) is 12.4 Å². The second kappa shape index (κ2) is 10.2. The molecule has 0 aliphatic heterocycles. The van der Waals surface area contributed by atoms with Gasteiger partial charge < -0.3 is 15.8 Å². The van der Waals surface area contributed by atoms with Crippen molar-refractivity contribution in [3.05, 3.63) is 108 Å². The molecule has 2 aromatic carbocycles. The van der Waals surface area contributed by atoms with Crippen LogP contribution in [0.4, 0.5) is 5.82 Å². The van der Waals surface area contributed by atoms with Crippen molar-refractivity contribution >= 4 is 39.2 Å². The number of anilines is 1. The van der Waals surface area contributed by atoms with E-state index in [-0.39, 0.29) is 5.91 Å². The van der Waals surface area contributed by atoms with Crippen LogP contribution < -0.4 is 15.8 Å². The summed E-state index contributed by atoms with van der Waals surface area (Å²) in [5.41, 5.74) is 10.1. The molecule has 0 fully saturated rings. The smallest absolute Gasteiger partial charge is 0.244 e. The lowest BCUT2D eigenvalue weighted by atomic mass is 10.0. The molecule has 7 heteroatoms. The van der Waals surface area contributed by atoms with E-state index in [1.54, 1.807) is 36.0 Å². The molecule has 0 aliphatic carbocycles. The number of pyridine rings is 2. The minimum Gasteiger partial charge on any atom is -0.457 e. The first-order valence-electron chi connectivity index (χ1n) is 11.0. The topological polar surface area (TPSA) is 90.1 Å². The number of rotatable bonds is 7. The number of carbonyl (C=O) groups excluding carboxylic acids is 1. The first-order valence-corrected chi connectivity index (χ1v) is 11.9. The zero-order valence-corrected chi connectivity index (χ0v) is 19.5.